The molecule has 2 N–H and O–H groups in total. The van der Waals surface area contributed by atoms with E-state index in [0.29, 0.717) is 19.4 Å². The molecule has 0 bridgehead atoms. The minimum absolute atomic E-state index is 0.00876. The number of fused-ring (bicyclic) bond motifs is 1. The molecule has 1 fully saturated rings. The molecule has 0 spiro atoms. The molecule has 10 heteroatoms. The molecule has 2 atom stereocenters. The van der Waals surface area contributed by atoms with Gasteiger partial charge in [0, 0.05) is 43.0 Å². The Bertz CT molecular complexity index is 1350. The Morgan fingerprint density at radius 2 is 1.77 bits per heavy atom. The largest absolute Gasteiger partial charge is 0.416 e. The van der Waals surface area contributed by atoms with Crippen LogP contribution in [0.15, 0.2) is 60.8 Å². The topological polar surface area (TPSA) is 72.9 Å². The molecule has 0 aliphatic carbocycles. The van der Waals surface area contributed by atoms with Crippen LogP contribution in [-0.2, 0) is 19.6 Å². The molecule has 2 unspecified atom stereocenters. The average Bonchev–Trinajstić information content (AvgIpc) is 3.24. The maximum atomic E-state index is 13.0. The summed E-state index contributed by atoms with van der Waals surface area (Å²) in [5.41, 5.74) is 8.16. The number of hydrogen-bond acceptors (Lipinski definition) is 5. The predicted octanol–water partition coefficient (Wildman–Crippen LogP) is 5.35. The third-order valence-electron chi connectivity index (χ3n) is 6.53. The molecule has 1 aliphatic heterocycles. The lowest BCUT2D eigenvalue weighted by atomic mass is 9.91. The van der Waals surface area contributed by atoms with Gasteiger partial charge < -0.3 is 10.6 Å². The number of alkyl halides is 4. The van der Waals surface area contributed by atoms with E-state index in [1.807, 2.05) is 37.4 Å². The highest BCUT2D eigenvalue weighted by Gasteiger charge is 2.41. The number of nitrogens with two attached hydrogens (primary N) is 1. The van der Waals surface area contributed by atoms with E-state index < -0.39 is 15.3 Å². The van der Waals surface area contributed by atoms with Crippen LogP contribution in [0.1, 0.15) is 24.0 Å². The monoisotopic (exact) mass is 592 g/mol. The van der Waals surface area contributed by atoms with Crippen LogP contribution in [0.4, 0.5) is 19.0 Å². The van der Waals surface area contributed by atoms with Crippen molar-refractivity contribution in [2.24, 2.45) is 12.8 Å². The summed E-state index contributed by atoms with van der Waals surface area (Å²) >= 11 is 2.40. The smallest absolute Gasteiger partial charge is 0.340 e. The number of aromatic nitrogens is 4. The Morgan fingerprint density at radius 3 is 2.43 bits per heavy atom. The molecule has 1 aliphatic rings. The van der Waals surface area contributed by atoms with E-state index in [-0.39, 0.29) is 6.04 Å². The van der Waals surface area contributed by atoms with Gasteiger partial charge in [0.2, 0.25) is 0 Å². The lowest BCUT2D eigenvalue weighted by Crippen LogP contribution is -2.55. The minimum atomic E-state index is -4.36. The summed E-state index contributed by atoms with van der Waals surface area (Å²) in [7, 11) is 1.87. The highest BCUT2D eigenvalue weighted by atomic mass is 127. The Morgan fingerprint density at radius 1 is 1.06 bits per heavy atom. The molecule has 2 aromatic carbocycles. The highest BCUT2D eigenvalue weighted by Crippen LogP contribution is 2.43. The summed E-state index contributed by atoms with van der Waals surface area (Å²) in [6.07, 6.45) is -0.639. The lowest BCUT2D eigenvalue weighted by Gasteiger charge is -2.46. The van der Waals surface area contributed by atoms with E-state index in [2.05, 4.69) is 42.8 Å². The molecular weight excluding hydrogens is 568 g/mol. The van der Waals surface area contributed by atoms with Crippen molar-refractivity contribution in [2.45, 2.75) is 35.0 Å². The number of rotatable bonds is 4. The van der Waals surface area contributed by atoms with Gasteiger partial charge in [0.15, 0.2) is 5.82 Å². The molecule has 0 saturated carbocycles. The maximum Gasteiger partial charge on any atom is 0.416 e. The number of benzene rings is 2. The fourth-order valence-corrected chi connectivity index (χ4v) is 6.26. The third-order valence-corrected chi connectivity index (χ3v) is 7.93. The van der Waals surface area contributed by atoms with E-state index in [1.54, 1.807) is 23.0 Å². The summed E-state index contributed by atoms with van der Waals surface area (Å²) in [4.78, 5) is 2.22. The molecule has 0 radical (unpaired) electrons. The van der Waals surface area contributed by atoms with Crippen LogP contribution >= 0.6 is 22.6 Å². The molecule has 2 aromatic heterocycles. The summed E-state index contributed by atoms with van der Waals surface area (Å²) < 4.78 is 40.4. The van der Waals surface area contributed by atoms with Gasteiger partial charge in [-0.25, -0.2) is 0 Å². The second kappa shape index (κ2) is 9.05. The first kappa shape index (κ1) is 24.0. The molecule has 182 valence electrons. The van der Waals surface area contributed by atoms with Gasteiger partial charge in [-0.15, -0.1) is 10.2 Å². The van der Waals surface area contributed by atoms with Crippen molar-refractivity contribution in [3.63, 3.8) is 0 Å². The summed E-state index contributed by atoms with van der Waals surface area (Å²) in [5, 5.41) is 15.5. The van der Waals surface area contributed by atoms with Crippen molar-refractivity contribution < 1.29 is 13.2 Å². The van der Waals surface area contributed by atoms with Gasteiger partial charge in [-0.2, -0.15) is 18.3 Å². The second-order valence-corrected chi connectivity index (χ2v) is 11.0. The number of piperidine rings is 1. The van der Waals surface area contributed by atoms with Crippen LogP contribution in [0.25, 0.3) is 22.2 Å². The summed E-state index contributed by atoms with van der Waals surface area (Å²) in [5.74, 6) is 0.750. The number of anilines is 1. The van der Waals surface area contributed by atoms with Gasteiger partial charge in [-0.05, 0) is 36.6 Å². The number of aryl methyl sites for hydroxylation is 1. The zero-order chi connectivity index (χ0) is 24.8. The van der Waals surface area contributed by atoms with Gasteiger partial charge in [-0.3, -0.25) is 4.68 Å². The molecule has 4 aromatic rings. The minimum Gasteiger partial charge on any atom is -0.340 e. The maximum absolute atomic E-state index is 13.0. The predicted molar refractivity (Wildman–Crippen MR) is 138 cm³/mol. The Balaban J connectivity index is 1.56. The normalized spacial score (nSPS) is 21.0. The first-order chi connectivity index (χ1) is 16.7. The van der Waals surface area contributed by atoms with E-state index in [1.165, 1.54) is 0 Å². The van der Waals surface area contributed by atoms with Crippen LogP contribution in [-0.4, -0.2) is 36.1 Å². The van der Waals surface area contributed by atoms with Crippen LogP contribution in [0, 0.1) is 0 Å². The highest BCUT2D eigenvalue weighted by molar-refractivity contribution is 14.1. The summed E-state index contributed by atoms with van der Waals surface area (Å²) in [6.45, 7) is 0.675. The zero-order valence-corrected chi connectivity index (χ0v) is 21.2. The van der Waals surface area contributed by atoms with Crippen molar-refractivity contribution in [3.8, 4) is 11.4 Å². The third kappa shape index (κ3) is 4.61. The van der Waals surface area contributed by atoms with Crippen molar-refractivity contribution >= 4 is 39.2 Å². The van der Waals surface area contributed by atoms with Crippen molar-refractivity contribution in [3.05, 3.63) is 71.9 Å². The van der Waals surface area contributed by atoms with Crippen molar-refractivity contribution in [2.75, 3.05) is 11.4 Å². The number of hydrogen-bond donors (Lipinski definition) is 1. The van der Waals surface area contributed by atoms with E-state index >= 15 is 0 Å². The SMILES string of the molecule is Cn1nccc1-c1nnc(N2CCC(N)CC2(I)Cc2ccc(C(F)(F)F)cc2)c2ccccc12. The Kier molecular flexibility index (Phi) is 6.20. The Hall–Kier alpha value is -2.73. The van der Waals surface area contributed by atoms with Crippen LogP contribution in [0.3, 0.4) is 0 Å². The first-order valence-corrected chi connectivity index (χ1v) is 12.4. The molecule has 5 rings (SSSR count). The standard InChI is InChI=1S/C25H24F3IN6/c1-34-21(10-12-31-34)22-19-4-2-3-5-20(19)23(33-32-22)35-13-11-18(30)15-24(35,29)14-16-6-8-17(9-7-16)25(26,27)28/h2-10,12,18H,11,13-15,30H2,1H3. The van der Waals surface area contributed by atoms with Gasteiger partial charge in [-0.1, -0.05) is 59.0 Å². The van der Waals surface area contributed by atoms with Gasteiger partial charge >= 0.3 is 6.18 Å². The quantitative estimate of drug-likeness (QED) is 0.197. The number of nitrogens with zero attached hydrogens (tertiary/aromatic N) is 5. The van der Waals surface area contributed by atoms with Crippen molar-refractivity contribution in [1.29, 1.82) is 0 Å². The van der Waals surface area contributed by atoms with Crippen LogP contribution in [0.5, 0.6) is 0 Å². The lowest BCUT2D eigenvalue weighted by molar-refractivity contribution is -0.137. The first-order valence-electron chi connectivity index (χ1n) is 11.3. The average molecular weight is 592 g/mol. The second-order valence-electron chi connectivity index (χ2n) is 8.95. The molecule has 6 nitrogen and oxygen atoms in total. The summed E-state index contributed by atoms with van der Waals surface area (Å²) in [6, 6.07) is 15.3. The zero-order valence-electron chi connectivity index (χ0n) is 19.0. The molecule has 1 saturated heterocycles. The van der Waals surface area contributed by atoms with Crippen LogP contribution < -0.4 is 10.6 Å². The molecule has 35 heavy (non-hydrogen) atoms. The number of halogens is 4. The van der Waals surface area contributed by atoms with Crippen LogP contribution in [0.2, 0.25) is 0 Å². The van der Waals surface area contributed by atoms with Gasteiger partial charge in [0.05, 0.1) is 14.8 Å². The fourth-order valence-electron chi connectivity index (χ4n) is 4.78. The fraction of sp³-hybridized carbons (Fsp3) is 0.320. The molecular formula is C25H24F3IN6. The van der Waals surface area contributed by atoms with E-state index in [0.717, 1.165) is 52.1 Å². The Labute approximate surface area is 214 Å². The van der Waals surface area contributed by atoms with Gasteiger partial charge in [0.1, 0.15) is 5.69 Å². The molecule has 0 amide bonds. The van der Waals surface area contributed by atoms with Crippen molar-refractivity contribution in [1.82, 2.24) is 20.0 Å². The van der Waals surface area contributed by atoms with Gasteiger partial charge in [0.25, 0.3) is 0 Å². The van der Waals surface area contributed by atoms with E-state index in [9.17, 15) is 13.2 Å². The molecule has 3 heterocycles. The van der Waals surface area contributed by atoms with E-state index in [4.69, 9.17) is 5.73 Å².